The van der Waals surface area contributed by atoms with Crippen molar-refractivity contribution in [2.24, 2.45) is 5.92 Å². The molecule has 0 saturated heterocycles. The van der Waals surface area contributed by atoms with Crippen molar-refractivity contribution < 1.29 is 18.0 Å². The van der Waals surface area contributed by atoms with E-state index >= 15 is 0 Å². The normalized spacial score (nSPS) is 19.5. The molecule has 0 atom stereocenters. The van der Waals surface area contributed by atoms with Crippen molar-refractivity contribution >= 4 is 28.5 Å². The first-order valence-corrected chi connectivity index (χ1v) is 10.5. The molecule has 1 amide bonds. The highest BCUT2D eigenvalue weighted by Gasteiger charge is 2.32. The molecule has 1 aliphatic rings. The lowest BCUT2D eigenvalue weighted by atomic mass is 9.85. The Kier molecular flexibility index (Phi) is 5.83. The molecule has 2 N–H and O–H groups in total. The van der Waals surface area contributed by atoms with Crippen molar-refractivity contribution in [3.63, 3.8) is 0 Å². The topological polar surface area (TPSA) is 66.9 Å². The van der Waals surface area contributed by atoms with Gasteiger partial charge in [0, 0.05) is 12.6 Å². The summed E-state index contributed by atoms with van der Waals surface area (Å²) in [5.74, 6) is -0.324. The Morgan fingerprint density at radius 1 is 1.13 bits per heavy atom. The fourth-order valence-electron chi connectivity index (χ4n) is 4.17. The molecule has 4 rings (SSSR count). The van der Waals surface area contributed by atoms with Gasteiger partial charge in [0.25, 0.3) is 5.91 Å². The fourth-order valence-corrected chi connectivity index (χ4v) is 4.38. The van der Waals surface area contributed by atoms with Crippen LogP contribution in [0.1, 0.15) is 41.6 Å². The van der Waals surface area contributed by atoms with Crippen molar-refractivity contribution in [1.82, 2.24) is 14.9 Å². The number of aromatic nitrogens is 2. The van der Waals surface area contributed by atoms with Crippen molar-refractivity contribution in [2.75, 3.05) is 0 Å². The third-order valence-corrected chi connectivity index (χ3v) is 6.17. The van der Waals surface area contributed by atoms with E-state index in [9.17, 15) is 22.8 Å². The van der Waals surface area contributed by atoms with Gasteiger partial charge in [-0.1, -0.05) is 23.7 Å². The van der Waals surface area contributed by atoms with Crippen LogP contribution >= 0.6 is 11.6 Å². The quantitative estimate of drug-likeness (QED) is 0.586. The first-order chi connectivity index (χ1) is 14.7. The standard InChI is InChI=1S/C22H21ClF3N3O2/c23-17-10-7-14(22(24,25)26)11-16(17)20(30)27-15-8-5-13(6-9-15)12-29-19-4-2-1-3-18(19)28-21(29)31/h1-4,7,10-11,13,15H,5-6,8-9,12H2,(H,27,30)(H,28,31)/t13-,15-. The third-order valence-electron chi connectivity index (χ3n) is 5.84. The van der Waals surface area contributed by atoms with E-state index in [0.29, 0.717) is 19.4 Å². The highest BCUT2D eigenvalue weighted by atomic mass is 35.5. The van der Waals surface area contributed by atoms with Crippen LogP contribution in [-0.4, -0.2) is 21.5 Å². The summed E-state index contributed by atoms with van der Waals surface area (Å²) < 4.78 is 40.6. The first-order valence-electron chi connectivity index (χ1n) is 10.1. The van der Waals surface area contributed by atoms with Crippen LogP contribution in [0.25, 0.3) is 11.0 Å². The molecule has 0 spiro atoms. The number of alkyl halides is 3. The molecule has 2 aromatic carbocycles. The van der Waals surface area contributed by atoms with Gasteiger partial charge < -0.3 is 10.3 Å². The molecule has 1 aromatic heterocycles. The van der Waals surface area contributed by atoms with E-state index in [2.05, 4.69) is 10.3 Å². The monoisotopic (exact) mass is 451 g/mol. The lowest BCUT2D eigenvalue weighted by Gasteiger charge is -2.29. The smallest absolute Gasteiger partial charge is 0.349 e. The van der Waals surface area contributed by atoms with Gasteiger partial charge in [0.1, 0.15) is 0 Å². The summed E-state index contributed by atoms with van der Waals surface area (Å²) in [5.41, 5.74) is 0.434. The van der Waals surface area contributed by atoms with Gasteiger partial charge in [0.15, 0.2) is 0 Å². The minimum absolute atomic E-state index is 0.0158. The summed E-state index contributed by atoms with van der Waals surface area (Å²) in [6, 6.07) is 10.1. The molecule has 0 radical (unpaired) electrons. The van der Waals surface area contributed by atoms with Crippen LogP contribution in [0.2, 0.25) is 5.02 Å². The van der Waals surface area contributed by atoms with E-state index < -0.39 is 17.6 Å². The zero-order chi connectivity index (χ0) is 22.2. The van der Waals surface area contributed by atoms with Gasteiger partial charge in [0.05, 0.1) is 27.2 Å². The fraction of sp³-hybridized carbons (Fsp3) is 0.364. The van der Waals surface area contributed by atoms with Gasteiger partial charge >= 0.3 is 11.9 Å². The number of amides is 1. The number of aromatic amines is 1. The molecule has 1 fully saturated rings. The molecule has 31 heavy (non-hydrogen) atoms. The summed E-state index contributed by atoms with van der Waals surface area (Å²) in [4.78, 5) is 27.6. The van der Waals surface area contributed by atoms with Crippen LogP contribution < -0.4 is 11.0 Å². The average molecular weight is 452 g/mol. The Labute approximate surface area is 181 Å². The zero-order valence-electron chi connectivity index (χ0n) is 16.5. The van der Waals surface area contributed by atoms with E-state index in [0.717, 1.165) is 42.1 Å². The molecule has 3 aromatic rings. The summed E-state index contributed by atoms with van der Waals surface area (Å²) in [5, 5.41) is 2.79. The molecule has 164 valence electrons. The Bertz CT molecular complexity index is 1160. The van der Waals surface area contributed by atoms with Gasteiger partial charge in [-0.15, -0.1) is 0 Å². The number of hydrogen-bond donors (Lipinski definition) is 2. The van der Waals surface area contributed by atoms with E-state index in [-0.39, 0.29) is 28.2 Å². The number of benzene rings is 2. The first kappa shape index (κ1) is 21.5. The maximum absolute atomic E-state index is 12.9. The number of H-pyrrole nitrogens is 1. The largest absolute Gasteiger partial charge is 0.416 e. The molecule has 9 heteroatoms. The molecule has 1 saturated carbocycles. The Morgan fingerprint density at radius 2 is 1.84 bits per heavy atom. The predicted molar refractivity (Wildman–Crippen MR) is 112 cm³/mol. The number of carbonyl (C=O) groups is 1. The van der Waals surface area contributed by atoms with Crippen molar-refractivity contribution in [3.8, 4) is 0 Å². The Hall–Kier alpha value is -2.74. The Balaban J connectivity index is 1.38. The highest BCUT2D eigenvalue weighted by molar-refractivity contribution is 6.33. The van der Waals surface area contributed by atoms with Crippen LogP contribution in [-0.2, 0) is 12.7 Å². The van der Waals surface area contributed by atoms with E-state index in [1.54, 1.807) is 4.57 Å². The van der Waals surface area contributed by atoms with Crippen LogP contribution in [0.15, 0.2) is 47.3 Å². The van der Waals surface area contributed by atoms with Crippen molar-refractivity contribution in [1.29, 1.82) is 0 Å². The molecule has 0 aliphatic heterocycles. The summed E-state index contributed by atoms with van der Waals surface area (Å²) >= 11 is 5.96. The average Bonchev–Trinajstić information content (AvgIpc) is 3.04. The minimum Gasteiger partial charge on any atom is -0.349 e. The number of para-hydroxylation sites is 2. The predicted octanol–water partition coefficient (Wildman–Crippen LogP) is 4.99. The second kappa shape index (κ2) is 8.42. The summed E-state index contributed by atoms with van der Waals surface area (Å²) in [6.07, 6.45) is -1.58. The minimum atomic E-state index is -4.54. The maximum atomic E-state index is 12.9. The van der Waals surface area contributed by atoms with Crippen LogP contribution in [0.3, 0.4) is 0 Å². The lowest BCUT2D eigenvalue weighted by molar-refractivity contribution is -0.137. The molecule has 1 heterocycles. The molecule has 0 bridgehead atoms. The summed E-state index contributed by atoms with van der Waals surface area (Å²) in [6.45, 7) is 0.586. The number of nitrogens with one attached hydrogen (secondary N) is 2. The SMILES string of the molecule is O=C(N[C@H]1CC[C@H](Cn2c(=O)[nH]c3ccccc32)CC1)c1cc(C(F)(F)F)ccc1Cl. The molecule has 1 aliphatic carbocycles. The molecular formula is C22H21ClF3N3O2. The molecule has 0 unspecified atom stereocenters. The number of rotatable bonds is 4. The summed E-state index contributed by atoms with van der Waals surface area (Å²) in [7, 11) is 0. The molecule has 5 nitrogen and oxygen atoms in total. The number of nitrogens with zero attached hydrogens (tertiary/aromatic N) is 1. The number of fused-ring (bicyclic) bond motifs is 1. The van der Waals surface area contributed by atoms with Crippen LogP contribution in [0.4, 0.5) is 13.2 Å². The number of halogens is 4. The molecular weight excluding hydrogens is 431 g/mol. The van der Waals surface area contributed by atoms with Gasteiger partial charge in [0.2, 0.25) is 0 Å². The second-order valence-electron chi connectivity index (χ2n) is 7.94. The van der Waals surface area contributed by atoms with E-state index in [4.69, 9.17) is 11.6 Å². The lowest BCUT2D eigenvalue weighted by Crippen LogP contribution is -2.38. The Morgan fingerprint density at radius 3 is 2.55 bits per heavy atom. The van der Waals surface area contributed by atoms with E-state index in [1.165, 1.54) is 0 Å². The van der Waals surface area contributed by atoms with Crippen LogP contribution in [0.5, 0.6) is 0 Å². The van der Waals surface area contributed by atoms with E-state index in [1.807, 2.05) is 24.3 Å². The van der Waals surface area contributed by atoms with Crippen LogP contribution in [0, 0.1) is 5.92 Å². The number of imidazole rings is 1. The number of hydrogen-bond acceptors (Lipinski definition) is 2. The second-order valence-corrected chi connectivity index (χ2v) is 8.35. The maximum Gasteiger partial charge on any atom is 0.416 e. The van der Waals surface area contributed by atoms with Gasteiger partial charge in [-0.25, -0.2) is 4.79 Å². The zero-order valence-corrected chi connectivity index (χ0v) is 17.3. The number of carbonyl (C=O) groups excluding carboxylic acids is 1. The third kappa shape index (κ3) is 4.63. The van der Waals surface area contributed by atoms with Gasteiger partial charge in [-0.3, -0.25) is 9.36 Å². The van der Waals surface area contributed by atoms with Crippen molar-refractivity contribution in [3.05, 3.63) is 69.1 Å². The van der Waals surface area contributed by atoms with Gasteiger partial charge in [-0.05, 0) is 61.9 Å². The van der Waals surface area contributed by atoms with Crippen molar-refractivity contribution in [2.45, 2.75) is 44.4 Å². The van der Waals surface area contributed by atoms with Gasteiger partial charge in [-0.2, -0.15) is 13.2 Å². The highest BCUT2D eigenvalue weighted by Crippen LogP contribution is 2.32.